The Balaban J connectivity index is 1.14. The first-order valence-electron chi connectivity index (χ1n) is 14.9. The lowest BCUT2D eigenvalue weighted by atomic mass is 9.99. The Labute approximate surface area is 268 Å². The first kappa shape index (κ1) is 33.0. The number of ether oxygens (including phenoxy) is 1. The van der Waals surface area contributed by atoms with E-state index in [-0.39, 0.29) is 23.5 Å². The Bertz CT molecular complexity index is 1670. The standard InChI is InChI=1S/C33H34F4N6O2S/c1-21(2)28-19-25(34)10-15-29(28)43-22(3)16-18-46-32(43)40-31(44)38-17-4-5-23-6-8-24(9-7-23)30-39-20-42(41-30)26-11-13-27(14-12-26)45-33(35,36)37/h6-15,19-22H,4-5,16-18H2,1-3H3,(H,38,44). The second kappa shape index (κ2) is 14.4. The van der Waals surface area contributed by atoms with Crippen LogP contribution in [0.1, 0.15) is 50.7 Å². The van der Waals surface area contributed by atoms with Gasteiger partial charge >= 0.3 is 12.4 Å². The highest BCUT2D eigenvalue weighted by atomic mass is 32.2. The molecule has 3 aromatic carbocycles. The normalized spacial score (nSPS) is 16.2. The Morgan fingerprint density at radius 1 is 1.11 bits per heavy atom. The summed E-state index contributed by atoms with van der Waals surface area (Å²) in [5, 5.41) is 7.94. The summed E-state index contributed by atoms with van der Waals surface area (Å²) in [5.41, 5.74) is 4.16. The van der Waals surface area contributed by atoms with E-state index in [2.05, 4.69) is 32.1 Å². The smallest absolute Gasteiger partial charge is 0.406 e. The molecule has 8 nitrogen and oxygen atoms in total. The Kier molecular flexibility index (Phi) is 10.3. The summed E-state index contributed by atoms with van der Waals surface area (Å²) in [5.74, 6) is 0.833. The minimum atomic E-state index is -4.75. The summed E-state index contributed by atoms with van der Waals surface area (Å²) >= 11 is 1.53. The van der Waals surface area contributed by atoms with Crippen LogP contribution >= 0.6 is 11.8 Å². The van der Waals surface area contributed by atoms with Gasteiger partial charge < -0.3 is 15.0 Å². The van der Waals surface area contributed by atoms with Gasteiger partial charge in [-0.1, -0.05) is 49.9 Å². The van der Waals surface area contributed by atoms with Gasteiger partial charge in [0.1, 0.15) is 17.9 Å². The maximum atomic E-state index is 14.0. The Hall–Kier alpha value is -4.39. The number of aliphatic imine (C=N–C) groups is 1. The molecule has 46 heavy (non-hydrogen) atoms. The van der Waals surface area contributed by atoms with Crippen molar-refractivity contribution in [2.75, 3.05) is 17.2 Å². The number of carbonyl (C=O) groups excluding carboxylic acids is 1. The van der Waals surface area contributed by atoms with Crippen molar-refractivity contribution in [3.05, 3.63) is 90.0 Å². The van der Waals surface area contributed by atoms with Crippen molar-refractivity contribution in [2.24, 2.45) is 4.99 Å². The van der Waals surface area contributed by atoms with Gasteiger partial charge in [0.2, 0.25) is 0 Å². The highest BCUT2D eigenvalue weighted by Crippen LogP contribution is 2.35. The van der Waals surface area contributed by atoms with Crippen LogP contribution in [0.2, 0.25) is 0 Å². The molecule has 4 aromatic rings. The molecule has 1 aliphatic heterocycles. The third-order valence-corrected chi connectivity index (χ3v) is 8.43. The summed E-state index contributed by atoms with van der Waals surface area (Å²) in [6, 6.07) is 17.6. The van der Waals surface area contributed by atoms with E-state index < -0.39 is 12.4 Å². The number of benzene rings is 3. The van der Waals surface area contributed by atoms with Crippen molar-refractivity contribution in [3.63, 3.8) is 0 Å². The zero-order chi connectivity index (χ0) is 32.8. The molecule has 0 aliphatic carbocycles. The second-order valence-electron chi connectivity index (χ2n) is 11.2. The monoisotopic (exact) mass is 654 g/mol. The minimum absolute atomic E-state index is 0.110. The molecular weight excluding hydrogens is 620 g/mol. The van der Waals surface area contributed by atoms with Crippen LogP contribution in [0, 0.1) is 5.82 Å². The summed E-state index contributed by atoms with van der Waals surface area (Å²) in [4.78, 5) is 23.6. The lowest BCUT2D eigenvalue weighted by molar-refractivity contribution is -0.274. The summed E-state index contributed by atoms with van der Waals surface area (Å²) in [6.45, 7) is 6.58. The maximum absolute atomic E-state index is 14.0. The molecule has 0 bridgehead atoms. The van der Waals surface area contributed by atoms with E-state index >= 15 is 0 Å². The molecule has 0 saturated carbocycles. The van der Waals surface area contributed by atoms with E-state index in [1.54, 1.807) is 12.1 Å². The van der Waals surface area contributed by atoms with Crippen molar-refractivity contribution in [1.29, 1.82) is 0 Å². The van der Waals surface area contributed by atoms with Crippen LogP contribution in [0.4, 0.5) is 28.0 Å². The number of aromatic nitrogens is 3. The molecule has 2 amide bonds. The molecule has 1 unspecified atom stereocenters. The van der Waals surface area contributed by atoms with Crippen LogP contribution in [0.25, 0.3) is 17.1 Å². The number of urea groups is 1. The maximum Gasteiger partial charge on any atom is 0.573 e. The van der Waals surface area contributed by atoms with E-state index in [1.165, 1.54) is 53.1 Å². The minimum Gasteiger partial charge on any atom is -0.406 e. The van der Waals surface area contributed by atoms with Gasteiger partial charge in [-0.2, -0.15) is 4.99 Å². The van der Waals surface area contributed by atoms with E-state index in [0.717, 1.165) is 41.0 Å². The molecule has 0 spiro atoms. The summed E-state index contributed by atoms with van der Waals surface area (Å²) in [6.07, 6.45) is -0.897. The highest BCUT2D eigenvalue weighted by Gasteiger charge is 2.31. The quantitative estimate of drug-likeness (QED) is 0.145. The predicted octanol–water partition coefficient (Wildman–Crippen LogP) is 8.13. The summed E-state index contributed by atoms with van der Waals surface area (Å²) < 4.78 is 56.6. The predicted molar refractivity (Wildman–Crippen MR) is 172 cm³/mol. The van der Waals surface area contributed by atoms with Crippen LogP contribution in [-0.2, 0) is 6.42 Å². The zero-order valence-corrected chi connectivity index (χ0v) is 26.4. The van der Waals surface area contributed by atoms with E-state index in [9.17, 15) is 22.4 Å². The van der Waals surface area contributed by atoms with Crippen molar-refractivity contribution in [2.45, 2.75) is 58.4 Å². The average Bonchev–Trinajstić information content (AvgIpc) is 3.50. The van der Waals surface area contributed by atoms with Crippen LogP contribution in [0.3, 0.4) is 0 Å². The number of thioether (sulfide) groups is 1. The number of anilines is 1. The van der Waals surface area contributed by atoms with Crippen LogP contribution in [-0.4, -0.2) is 50.7 Å². The van der Waals surface area contributed by atoms with Gasteiger partial charge in [-0.05, 0) is 85.7 Å². The van der Waals surface area contributed by atoms with Gasteiger partial charge in [0.15, 0.2) is 11.0 Å². The fourth-order valence-electron chi connectivity index (χ4n) is 5.10. The fourth-order valence-corrected chi connectivity index (χ4v) is 6.30. The molecule has 2 heterocycles. The van der Waals surface area contributed by atoms with Gasteiger partial charge in [-0.3, -0.25) is 0 Å². The molecule has 1 atom stereocenters. The Morgan fingerprint density at radius 2 is 1.85 bits per heavy atom. The Morgan fingerprint density at radius 3 is 2.54 bits per heavy atom. The molecule has 1 saturated heterocycles. The number of carbonyl (C=O) groups is 1. The number of aryl methyl sites for hydroxylation is 1. The highest BCUT2D eigenvalue weighted by molar-refractivity contribution is 8.14. The SMILES string of the molecule is CC(C)c1cc(F)ccc1N1C(=NC(=O)NCCCc2ccc(-c3ncn(-c4ccc(OC(F)(F)F)cc4)n3)cc2)SCCC1C. The van der Waals surface area contributed by atoms with E-state index in [0.29, 0.717) is 29.6 Å². The van der Waals surface area contributed by atoms with E-state index in [4.69, 9.17) is 0 Å². The van der Waals surface area contributed by atoms with Crippen molar-refractivity contribution >= 4 is 28.6 Å². The molecular formula is C33H34F4N6O2S. The number of nitrogens with one attached hydrogen (secondary N) is 1. The molecule has 1 aromatic heterocycles. The first-order valence-corrected chi connectivity index (χ1v) is 15.9. The van der Waals surface area contributed by atoms with Crippen LogP contribution in [0.5, 0.6) is 5.75 Å². The number of amidine groups is 1. The van der Waals surface area contributed by atoms with Gasteiger partial charge in [0.25, 0.3) is 0 Å². The summed E-state index contributed by atoms with van der Waals surface area (Å²) in [7, 11) is 0. The molecule has 242 valence electrons. The molecule has 1 fully saturated rings. The molecule has 1 N–H and O–H groups in total. The second-order valence-corrected chi connectivity index (χ2v) is 12.3. The van der Waals surface area contributed by atoms with Crippen molar-refractivity contribution < 1.29 is 27.1 Å². The number of hydrogen-bond acceptors (Lipinski definition) is 5. The number of rotatable bonds is 9. The third kappa shape index (κ3) is 8.45. The lowest BCUT2D eigenvalue weighted by Gasteiger charge is -2.37. The number of halogens is 4. The average molecular weight is 655 g/mol. The first-order chi connectivity index (χ1) is 22.0. The molecule has 1 aliphatic rings. The van der Waals surface area contributed by atoms with Crippen molar-refractivity contribution in [3.8, 4) is 22.8 Å². The molecule has 13 heteroatoms. The van der Waals surface area contributed by atoms with Gasteiger partial charge in [-0.25, -0.2) is 18.9 Å². The van der Waals surface area contributed by atoms with Gasteiger partial charge in [0, 0.05) is 29.6 Å². The van der Waals surface area contributed by atoms with Crippen molar-refractivity contribution in [1.82, 2.24) is 20.1 Å². The van der Waals surface area contributed by atoms with Crippen LogP contribution < -0.4 is 15.0 Å². The van der Waals surface area contributed by atoms with E-state index in [1.807, 2.05) is 43.0 Å². The van der Waals surface area contributed by atoms with Gasteiger partial charge in [0.05, 0.1) is 5.69 Å². The number of alkyl halides is 3. The number of amides is 2. The van der Waals surface area contributed by atoms with Crippen LogP contribution in [0.15, 0.2) is 78.0 Å². The third-order valence-electron chi connectivity index (χ3n) is 7.44. The largest absolute Gasteiger partial charge is 0.573 e. The lowest BCUT2D eigenvalue weighted by Crippen LogP contribution is -2.42. The fraction of sp³-hybridized carbons (Fsp3) is 0.333. The van der Waals surface area contributed by atoms with Gasteiger partial charge in [-0.15, -0.1) is 18.3 Å². The molecule has 0 radical (unpaired) electrons. The molecule has 5 rings (SSSR count). The zero-order valence-electron chi connectivity index (χ0n) is 25.6. The topological polar surface area (TPSA) is 84.6 Å². The number of hydrogen-bond donors (Lipinski definition) is 1. The number of nitrogens with zero attached hydrogens (tertiary/aromatic N) is 5.